The molecule has 0 N–H and O–H groups in total. The second kappa shape index (κ2) is 9.42. The first-order chi connectivity index (χ1) is 10.3. The van der Waals surface area contributed by atoms with Gasteiger partial charge in [-0.2, -0.15) is 0 Å². The minimum atomic E-state index is 0.816. The Hall–Kier alpha value is -0.600. The van der Waals surface area contributed by atoms with Crippen LogP contribution in [0.2, 0.25) is 0 Å². The summed E-state index contributed by atoms with van der Waals surface area (Å²) < 4.78 is 1.56. The van der Waals surface area contributed by atoms with E-state index in [1.54, 1.807) is 4.24 Å². The maximum absolute atomic E-state index is 3.79. The van der Waals surface area contributed by atoms with Gasteiger partial charge in [0.2, 0.25) is 0 Å². The highest BCUT2D eigenvalue weighted by molar-refractivity contribution is 8.23. The van der Waals surface area contributed by atoms with Crippen LogP contribution in [-0.4, -0.2) is 11.0 Å². The zero-order valence-electron chi connectivity index (χ0n) is 13.0. The number of aryl methyl sites for hydroxylation is 1. The Morgan fingerprint density at radius 3 is 2.71 bits per heavy atom. The van der Waals surface area contributed by atoms with E-state index in [2.05, 4.69) is 55.6 Å². The van der Waals surface area contributed by atoms with E-state index in [0.717, 1.165) is 5.25 Å². The summed E-state index contributed by atoms with van der Waals surface area (Å²) >= 11 is 4.11. The van der Waals surface area contributed by atoms with Crippen molar-refractivity contribution in [1.82, 2.24) is 0 Å². The van der Waals surface area contributed by atoms with E-state index in [0.29, 0.717) is 0 Å². The summed E-state index contributed by atoms with van der Waals surface area (Å²) in [6, 6.07) is 8.78. The van der Waals surface area contributed by atoms with Crippen molar-refractivity contribution in [1.29, 1.82) is 0 Å². The molecule has 1 aliphatic heterocycles. The normalized spacial score (nSPS) is 20.6. The van der Waals surface area contributed by atoms with Gasteiger partial charge in [-0.15, -0.1) is 23.5 Å². The SMILES string of the molecule is C=Cc1ccc(CCCCC/C=C2\SCCC(C)S2)cc1. The lowest BCUT2D eigenvalue weighted by Gasteiger charge is -2.19. The molecule has 0 spiro atoms. The predicted molar refractivity (Wildman–Crippen MR) is 101 cm³/mol. The van der Waals surface area contributed by atoms with Crippen LogP contribution in [0.4, 0.5) is 0 Å². The summed E-state index contributed by atoms with van der Waals surface area (Å²) in [5.41, 5.74) is 2.66. The predicted octanol–water partition coefficient (Wildman–Crippen LogP) is 6.53. The number of unbranched alkanes of at least 4 members (excludes halogenated alkanes) is 3. The lowest BCUT2D eigenvalue weighted by molar-refractivity contribution is 0.687. The summed E-state index contributed by atoms with van der Waals surface area (Å²) in [5.74, 6) is 1.31. The third-order valence-corrected chi connectivity index (χ3v) is 6.35. The van der Waals surface area contributed by atoms with Gasteiger partial charge in [0.1, 0.15) is 0 Å². The van der Waals surface area contributed by atoms with Gasteiger partial charge < -0.3 is 0 Å². The second-order valence-electron chi connectivity index (χ2n) is 5.63. The summed E-state index contributed by atoms with van der Waals surface area (Å²) in [5, 5.41) is 0.816. The number of allylic oxidation sites excluding steroid dienone is 1. The molecule has 0 nitrogen and oxygen atoms in total. The molecule has 0 saturated carbocycles. The van der Waals surface area contributed by atoms with E-state index in [9.17, 15) is 0 Å². The van der Waals surface area contributed by atoms with Crippen molar-refractivity contribution >= 4 is 29.6 Å². The molecule has 2 heteroatoms. The zero-order chi connectivity index (χ0) is 14.9. The average molecular weight is 319 g/mol. The van der Waals surface area contributed by atoms with E-state index >= 15 is 0 Å². The Balaban J connectivity index is 1.59. The van der Waals surface area contributed by atoms with Crippen molar-refractivity contribution in [2.75, 3.05) is 5.75 Å². The van der Waals surface area contributed by atoms with E-state index in [1.165, 1.54) is 55.4 Å². The number of rotatable bonds is 7. The van der Waals surface area contributed by atoms with Gasteiger partial charge in [0.25, 0.3) is 0 Å². The Bertz CT molecular complexity index is 459. The smallest absolute Gasteiger partial charge is 0.0363 e. The van der Waals surface area contributed by atoms with Crippen molar-refractivity contribution in [2.45, 2.75) is 50.7 Å². The fourth-order valence-electron chi connectivity index (χ4n) is 2.41. The van der Waals surface area contributed by atoms with Gasteiger partial charge in [-0.3, -0.25) is 0 Å². The van der Waals surface area contributed by atoms with Crippen LogP contribution < -0.4 is 0 Å². The van der Waals surface area contributed by atoms with Crippen molar-refractivity contribution in [3.63, 3.8) is 0 Å². The second-order valence-corrected chi connectivity index (χ2v) is 8.51. The largest absolute Gasteiger partial charge is 0.120 e. The molecule has 0 radical (unpaired) electrons. The van der Waals surface area contributed by atoms with Crippen LogP contribution in [0.15, 0.2) is 41.2 Å². The van der Waals surface area contributed by atoms with Crippen LogP contribution >= 0.6 is 23.5 Å². The molecular weight excluding hydrogens is 292 g/mol. The van der Waals surface area contributed by atoms with Crippen LogP contribution in [0.5, 0.6) is 0 Å². The molecule has 1 saturated heterocycles. The highest BCUT2D eigenvalue weighted by Crippen LogP contribution is 2.39. The molecule has 1 aromatic rings. The van der Waals surface area contributed by atoms with Gasteiger partial charge in [0, 0.05) is 9.49 Å². The van der Waals surface area contributed by atoms with E-state index in [4.69, 9.17) is 0 Å². The van der Waals surface area contributed by atoms with Crippen molar-refractivity contribution in [3.8, 4) is 0 Å². The van der Waals surface area contributed by atoms with Gasteiger partial charge >= 0.3 is 0 Å². The number of benzene rings is 1. The average Bonchev–Trinajstić information content (AvgIpc) is 2.51. The van der Waals surface area contributed by atoms with Gasteiger partial charge in [0.15, 0.2) is 0 Å². The Morgan fingerprint density at radius 1 is 1.19 bits per heavy atom. The molecule has 0 amide bonds. The Kier molecular flexibility index (Phi) is 7.52. The summed E-state index contributed by atoms with van der Waals surface area (Å²) in [4.78, 5) is 0. The third-order valence-electron chi connectivity index (χ3n) is 3.78. The molecule has 21 heavy (non-hydrogen) atoms. The van der Waals surface area contributed by atoms with Crippen LogP contribution in [0, 0.1) is 0 Å². The van der Waals surface area contributed by atoms with E-state index in [1.807, 2.05) is 17.8 Å². The van der Waals surface area contributed by atoms with Crippen molar-refractivity contribution in [2.24, 2.45) is 0 Å². The fourth-order valence-corrected chi connectivity index (χ4v) is 5.33. The number of thioether (sulfide) groups is 2. The van der Waals surface area contributed by atoms with Crippen molar-refractivity contribution in [3.05, 3.63) is 52.3 Å². The van der Waals surface area contributed by atoms with E-state index < -0.39 is 0 Å². The van der Waals surface area contributed by atoms with Crippen LogP contribution in [-0.2, 0) is 6.42 Å². The molecule has 0 aliphatic carbocycles. The molecule has 1 atom stereocenters. The first-order valence-electron chi connectivity index (χ1n) is 7.99. The highest BCUT2D eigenvalue weighted by Gasteiger charge is 2.12. The lowest BCUT2D eigenvalue weighted by atomic mass is 10.0. The topological polar surface area (TPSA) is 0 Å². The minimum Gasteiger partial charge on any atom is -0.120 e. The summed E-state index contributed by atoms with van der Waals surface area (Å²) in [6.07, 6.45) is 12.1. The molecule has 1 heterocycles. The maximum Gasteiger partial charge on any atom is 0.0363 e. The van der Waals surface area contributed by atoms with Gasteiger partial charge in [0.05, 0.1) is 0 Å². The maximum atomic E-state index is 3.79. The van der Waals surface area contributed by atoms with E-state index in [-0.39, 0.29) is 0 Å². The Morgan fingerprint density at radius 2 is 2.00 bits per heavy atom. The quantitative estimate of drug-likeness (QED) is 0.524. The van der Waals surface area contributed by atoms with Crippen LogP contribution in [0.1, 0.15) is 50.2 Å². The standard InChI is InChI=1S/C19H26S2/c1-3-17-10-12-18(13-11-17)8-6-4-5-7-9-19-20-15-14-16(2)21-19/h3,9-13,16H,1,4-8,14-15H2,2H3/b19-9+. The molecule has 1 fully saturated rings. The molecule has 0 bridgehead atoms. The molecule has 1 unspecified atom stereocenters. The highest BCUT2D eigenvalue weighted by atomic mass is 32.2. The molecule has 0 aromatic heterocycles. The fraction of sp³-hybridized carbons (Fsp3) is 0.474. The molecule has 1 aromatic carbocycles. The number of hydrogen-bond acceptors (Lipinski definition) is 2. The minimum absolute atomic E-state index is 0.816. The molecule has 2 rings (SSSR count). The summed E-state index contributed by atoms with van der Waals surface area (Å²) in [6.45, 7) is 6.13. The Labute approximate surface area is 138 Å². The van der Waals surface area contributed by atoms with Crippen molar-refractivity contribution < 1.29 is 0 Å². The van der Waals surface area contributed by atoms with Gasteiger partial charge in [-0.1, -0.05) is 56.3 Å². The van der Waals surface area contributed by atoms with Crippen LogP contribution in [0.3, 0.4) is 0 Å². The lowest BCUT2D eigenvalue weighted by Crippen LogP contribution is -2.03. The molecule has 1 aliphatic rings. The zero-order valence-corrected chi connectivity index (χ0v) is 14.6. The third kappa shape index (κ3) is 6.36. The number of hydrogen-bond donors (Lipinski definition) is 0. The molecular formula is C19H26S2. The first kappa shape index (κ1) is 16.8. The van der Waals surface area contributed by atoms with Gasteiger partial charge in [-0.05, 0) is 49.0 Å². The van der Waals surface area contributed by atoms with Crippen LogP contribution in [0.25, 0.3) is 6.08 Å². The summed E-state index contributed by atoms with van der Waals surface area (Å²) in [7, 11) is 0. The van der Waals surface area contributed by atoms with Gasteiger partial charge in [-0.25, -0.2) is 0 Å². The first-order valence-corrected chi connectivity index (χ1v) is 9.85. The monoisotopic (exact) mass is 318 g/mol. The molecule has 114 valence electrons.